The lowest BCUT2D eigenvalue weighted by molar-refractivity contribution is -0.127. The fourth-order valence-electron chi connectivity index (χ4n) is 1.42. The van der Waals surface area contributed by atoms with E-state index in [-0.39, 0.29) is 17.7 Å². The molecule has 1 heterocycles. The van der Waals surface area contributed by atoms with Gasteiger partial charge in [0.25, 0.3) is 0 Å². The molecule has 0 radical (unpaired) electrons. The lowest BCUT2D eigenvalue weighted by Crippen LogP contribution is -2.37. The summed E-state index contributed by atoms with van der Waals surface area (Å²) in [5.74, 6) is 0.480. The average Bonchev–Trinajstić information content (AvgIpc) is 2.30. The van der Waals surface area contributed by atoms with Crippen LogP contribution in [0.5, 0.6) is 0 Å². The molecule has 0 unspecified atom stereocenters. The zero-order valence-electron chi connectivity index (χ0n) is 11.1. The van der Waals surface area contributed by atoms with E-state index in [0.717, 1.165) is 0 Å². The van der Waals surface area contributed by atoms with Crippen LogP contribution in [-0.2, 0) is 4.79 Å². The van der Waals surface area contributed by atoms with E-state index in [9.17, 15) is 4.79 Å². The summed E-state index contributed by atoms with van der Waals surface area (Å²) in [5, 5.41) is 0.132. The molecule has 18 heavy (non-hydrogen) atoms. The van der Waals surface area contributed by atoms with E-state index in [4.69, 9.17) is 17.3 Å². The molecule has 0 saturated heterocycles. The van der Waals surface area contributed by atoms with Gasteiger partial charge in [-0.2, -0.15) is 4.98 Å². The lowest BCUT2D eigenvalue weighted by Gasteiger charge is -2.24. The Labute approximate surface area is 112 Å². The van der Waals surface area contributed by atoms with Crippen LogP contribution in [0.25, 0.3) is 0 Å². The Morgan fingerprint density at radius 3 is 2.50 bits per heavy atom. The second-order valence-electron chi connectivity index (χ2n) is 4.12. The molecular formula is C11H18ClN5O. The van der Waals surface area contributed by atoms with Crippen molar-refractivity contribution in [2.75, 3.05) is 37.8 Å². The zero-order chi connectivity index (χ0) is 13.9. The van der Waals surface area contributed by atoms with Gasteiger partial charge >= 0.3 is 0 Å². The van der Waals surface area contributed by atoms with Crippen molar-refractivity contribution in [3.8, 4) is 0 Å². The Morgan fingerprint density at radius 1 is 1.39 bits per heavy atom. The molecule has 1 rings (SSSR count). The molecule has 0 spiro atoms. The minimum absolute atomic E-state index is 0.0244. The third-order valence-corrected chi connectivity index (χ3v) is 2.76. The number of rotatable bonds is 4. The molecule has 0 bridgehead atoms. The summed E-state index contributed by atoms with van der Waals surface area (Å²) in [5.41, 5.74) is 6.99. The number of hydrogen-bond acceptors (Lipinski definition) is 5. The van der Waals surface area contributed by atoms with E-state index in [1.54, 1.807) is 25.9 Å². The summed E-state index contributed by atoms with van der Waals surface area (Å²) >= 11 is 5.82. The molecule has 0 atom stereocenters. The second-order valence-corrected chi connectivity index (χ2v) is 4.46. The lowest BCUT2D eigenvalue weighted by atomic mass is 10.3. The number of nitrogen functional groups attached to an aromatic ring is 1. The summed E-state index contributed by atoms with van der Waals surface area (Å²) in [4.78, 5) is 23.1. The molecule has 7 heteroatoms. The molecule has 2 N–H and O–H groups in total. The van der Waals surface area contributed by atoms with Crippen LogP contribution in [0.2, 0.25) is 5.28 Å². The number of amides is 1. The van der Waals surface area contributed by atoms with Crippen molar-refractivity contribution in [1.29, 1.82) is 0 Å². The highest BCUT2D eigenvalue weighted by atomic mass is 35.5. The van der Waals surface area contributed by atoms with Crippen LogP contribution in [0, 0.1) is 6.92 Å². The van der Waals surface area contributed by atoms with Gasteiger partial charge in [0.15, 0.2) is 5.82 Å². The molecule has 6 nitrogen and oxygen atoms in total. The van der Waals surface area contributed by atoms with E-state index in [1.165, 1.54) is 4.90 Å². The Bertz CT molecular complexity index is 449. The molecule has 0 aliphatic carbocycles. The van der Waals surface area contributed by atoms with Crippen LogP contribution in [0.4, 0.5) is 11.5 Å². The van der Waals surface area contributed by atoms with Crippen LogP contribution in [0.15, 0.2) is 0 Å². The van der Waals surface area contributed by atoms with Crippen LogP contribution in [0.1, 0.15) is 12.6 Å². The molecule has 100 valence electrons. The van der Waals surface area contributed by atoms with Crippen molar-refractivity contribution in [2.24, 2.45) is 0 Å². The maximum absolute atomic E-state index is 11.7. The largest absolute Gasteiger partial charge is 0.394 e. The molecule has 0 saturated carbocycles. The molecule has 0 aliphatic heterocycles. The van der Waals surface area contributed by atoms with Crippen molar-refractivity contribution in [1.82, 2.24) is 14.9 Å². The third kappa shape index (κ3) is 3.22. The van der Waals surface area contributed by atoms with Gasteiger partial charge in [-0.1, -0.05) is 0 Å². The first-order chi connectivity index (χ1) is 8.36. The highest BCUT2D eigenvalue weighted by Gasteiger charge is 2.17. The van der Waals surface area contributed by atoms with Gasteiger partial charge in [0.2, 0.25) is 11.2 Å². The normalized spacial score (nSPS) is 10.3. The predicted octanol–water partition coefficient (Wildman–Crippen LogP) is 0.935. The first-order valence-corrected chi connectivity index (χ1v) is 5.99. The van der Waals surface area contributed by atoms with Crippen molar-refractivity contribution < 1.29 is 4.79 Å². The molecule has 1 amide bonds. The fraction of sp³-hybridized carbons (Fsp3) is 0.545. The second kappa shape index (κ2) is 5.86. The van der Waals surface area contributed by atoms with Crippen molar-refractivity contribution in [3.05, 3.63) is 11.0 Å². The van der Waals surface area contributed by atoms with Gasteiger partial charge in [-0.3, -0.25) is 4.79 Å². The van der Waals surface area contributed by atoms with E-state index >= 15 is 0 Å². The SMILES string of the molecule is CCN(CC(=O)N(C)C)c1nc(Cl)nc(C)c1N. The third-order valence-electron chi connectivity index (χ3n) is 2.59. The van der Waals surface area contributed by atoms with E-state index in [0.29, 0.717) is 23.7 Å². The quantitative estimate of drug-likeness (QED) is 0.825. The van der Waals surface area contributed by atoms with E-state index < -0.39 is 0 Å². The van der Waals surface area contributed by atoms with Gasteiger partial charge in [-0.25, -0.2) is 4.98 Å². The number of aromatic nitrogens is 2. The number of nitrogens with two attached hydrogens (primary N) is 1. The van der Waals surface area contributed by atoms with Gasteiger partial charge in [0.1, 0.15) is 0 Å². The first kappa shape index (κ1) is 14.5. The van der Waals surface area contributed by atoms with Crippen LogP contribution in [-0.4, -0.2) is 48.0 Å². The molecule has 1 aromatic heterocycles. The topological polar surface area (TPSA) is 75.4 Å². The smallest absolute Gasteiger partial charge is 0.241 e. The Hall–Kier alpha value is -1.56. The number of likely N-dealkylation sites (N-methyl/N-ethyl adjacent to an activating group) is 2. The minimum atomic E-state index is -0.0244. The average molecular weight is 272 g/mol. The van der Waals surface area contributed by atoms with Crippen LogP contribution < -0.4 is 10.6 Å². The molecule has 0 aromatic carbocycles. The van der Waals surface area contributed by atoms with E-state index in [1.807, 2.05) is 6.92 Å². The number of carbonyl (C=O) groups is 1. The maximum Gasteiger partial charge on any atom is 0.241 e. The van der Waals surface area contributed by atoms with Gasteiger partial charge in [-0.15, -0.1) is 0 Å². The van der Waals surface area contributed by atoms with E-state index in [2.05, 4.69) is 9.97 Å². The summed E-state index contributed by atoms with van der Waals surface area (Å²) in [6.45, 7) is 4.50. The first-order valence-electron chi connectivity index (χ1n) is 5.61. The molecule has 0 fully saturated rings. The van der Waals surface area contributed by atoms with Crippen LogP contribution in [0.3, 0.4) is 0 Å². The highest BCUT2D eigenvalue weighted by Crippen LogP contribution is 2.24. The summed E-state index contributed by atoms with van der Waals surface area (Å²) in [6, 6.07) is 0. The predicted molar refractivity (Wildman–Crippen MR) is 72.8 cm³/mol. The maximum atomic E-state index is 11.7. The van der Waals surface area contributed by atoms with Gasteiger partial charge in [-0.05, 0) is 25.4 Å². The summed E-state index contributed by atoms with van der Waals surface area (Å²) < 4.78 is 0. The number of aryl methyl sites for hydroxylation is 1. The zero-order valence-corrected chi connectivity index (χ0v) is 11.8. The van der Waals surface area contributed by atoms with Crippen LogP contribution >= 0.6 is 11.6 Å². The molecule has 0 aliphatic rings. The summed E-state index contributed by atoms with van der Waals surface area (Å²) in [7, 11) is 3.41. The molecule has 1 aromatic rings. The molecular weight excluding hydrogens is 254 g/mol. The fourth-order valence-corrected chi connectivity index (χ4v) is 1.62. The minimum Gasteiger partial charge on any atom is -0.394 e. The van der Waals surface area contributed by atoms with Gasteiger partial charge in [0.05, 0.1) is 17.9 Å². The van der Waals surface area contributed by atoms with Crippen molar-refractivity contribution >= 4 is 29.0 Å². The summed E-state index contributed by atoms with van der Waals surface area (Å²) in [6.07, 6.45) is 0. The highest BCUT2D eigenvalue weighted by molar-refractivity contribution is 6.28. The van der Waals surface area contributed by atoms with Gasteiger partial charge < -0.3 is 15.5 Å². The Balaban J connectivity index is 3.05. The number of hydrogen-bond donors (Lipinski definition) is 1. The monoisotopic (exact) mass is 271 g/mol. The number of carbonyl (C=O) groups excluding carboxylic acids is 1. The number of nitrogens with zero attached hydrogens (tertiary/aromatic N) is 4. The Kier molecular flexibility index (Phi) is 4.72. The standard InChI is InChI=1S/C11H18ClN5O/c1-5-17(6-8(18)16(3)4)10-9(13)7(2)14-11(12)15-10/h5-6,13H2,1-4H3. The number of halogens is 1. The van der Waals surface area contributed by atoms with Crippen molar-refractivity contribution in [3.63, 3.8) is 0 Å². The van der Waals surface area contributed by atoms with Gasteiger partial charge in [0, 0.05) is 20.6 Å². The number of anilines is 2. The van der Waals surface area contributed by atoms with Crippen molar-refractivity contribution in [2.45, 2.75) is 13.8 Å². The Morgan fingerprint density at radius 2 is 2.00 bits per heavy atom.